The molecule has 2 N–H and O–H groups in total. The third-order valence-electron chi connectivity index (χ3n) is 2.90. The highest BCUT2D eigenvalue weighted by Gasteiger charge is 2.30. The molecule has 0 radical (unpaired) electrons. The molecule has 116 valence electrons. The molecule has 0 aromatic heterocycles. The first-order valence-electron chi connectivity index (χ1n) is 6.29. The van der Waals surface area contributed by atoms with E-state index in [0.29, 0.717) is 5.56 Å². The molecule has 1 unspecified atom stereocenters. The summed E-state index contributed by atoms with van der Waals surface area (Å²) < 4.78 is 37.2. The Morgan fingerprint density at radius 3 is 2.10 bits per heavy atom. The fourth-order valence-electron chi connectivity index (χ4n) is 1.74. The second-order valence-corrected chi connectivity index (χ2v) is 5.00. The molecule has 0 aliphatic heterocycles. The van der Waals surface area contributed by atoms with E-state index in [-0.39, 0.29) is 12.3 Å². The molecule has 0 aliphatic rings. The van der Waals surface area contributed by atoms with Gasteiger partial charge in [-0.05, 0) is 23.6 Å². The molecule has 0 aliphatic carbocycles. The lowest BCUT2D eigenvalue weighted by atomic mass is 10.0. The van der Waals surface area contributed by atoms with Crippen LogP contribution in [0.25, 0.3) is 0 Å². The van der Waals surface area contributed by atoms with Crippen LogP contribution in [0.2, 0.25) is 0 Å². The lowest BCUT2D eigenvalue weighted by Gasteiger charge is -2.17. The Morgan fingerprint density at radius 1 is 1.19 bits per heavy atom. The average Bonchev–Trinajstić information content (AvgIpc) is 2.34. The molecule has 0 bridgehead atoms. The van der Waals surface area contributed by atoms with Crippen molar-refractivity contribution in [2.45, 2.75) is 32.5 Å². The maximum Gasteiger partial charge on any atom is 0.416 e. The Hall–Kier alpha value is -2.05. The van der Waals surface area contributed by atoms with E-state index in [0.717, 1.165) is 12.1 Å². The number of carboxylic acid groups (broad SMARTS) is 1. The van der Waals surface area contributed by atoms with Crippen molar-refractivity contribution >= 4 is 11.9 Å². The summed E-state index contributed by atoms with van der Waals surface area (Å²) in [7, 11) is 0. The van der Waals surface area contributed by atoms with E-state index in [2.05, 4.69) is 5.32 Å². The zero-order valence-corrected chi connectivity index (χ0v) is 11.6. The van der Waals surface area contributed by atoms with E-state index < -0.39 is 29.7 Å². The molecule has 0 spiro atoms. The van der Waals surface area contributed by atoms with Crippen molar-refractivity contribution < 1.29 is 27.9 Å². The van der Waals surface area contributed by atoms with Crippen LogP contribution >= 0.6 is 0 Å². The average molecular weight is 303 g/mol. The van der Waals surface area contributed by atoms with Gasteiger partial charge < -0.3 is 10.4 Å². The molecule has 1 aromatic carbocycles. The number of halogens is 3. The molecule has 1 aromatic rings. The van der Waals surface area contributed by atoms with Crippen LogP contribution in [0.5, 0.6) is 0 Å². The van der Waals surface area contributed by atoms with Crippen molar-refractivity contribution in [3.8, 4) is 0 Å². The minimum atomic E-state index is -4.42. The summed E-state index contributed by atoms with van der Waals surface area (Å²) >= 11 is 0. The van der Waals surface area contributed by atoms with Gasteiger partial charge in [0, 0.05) is 0 Å². The minimum absolute atomic E-state index is 0.172. The van der Waals surface area contributed by atoms with Gasteiger partial charge in [0.2, 0.25) is 5.91 Å². The summed E-state index contributed by atoms with van der Waals surface area (Å²) in [5.74, 6) is -1.99. The molecule has 7 heteroatoms. The van der Waals surface area contributed by atoms with Crippen LogP contribution < -0.4 is 5.32 Å². The van der Waals surface area contributed by atoms with Crippen LogP contribution in [-0.2, 0) is 22.2 Å². The summed E-state index contributed by atoms with van der Waals surface area (Å²) in [6, 6.07) is 3.16. The fourth-order valence-corrected chi connectivity index (χ4v) is 1.74. The number of hydrogen-bond donors (Lipinski definition) is 2. The molecule has 0 saturated heterocycles. The van der Waals surface area contributed by atoms with Gasteiger partial charge in [0.25, 0.3) is 0 Å². The number of alkyl halides is 3. The summed E-state index contributed by atoms with van der Waals surface area (Å²) in [6.07, 6.45) is -4.60. The van der Waals surface area contributed by atoms with Gasteiger partial charge in [-0.25, -0.2) is 4.79 Å². The third-order valence-corrected chi connectivity index (χ3v) is 2.90. The summed E-state index contributed by atoms with van der Waals surface area (Å²) in [4.78, 5) is 22.7. The molecule has 1 atom stereocenters. The molecule has 0 heterocycles. The first kappa shape index (κ1) is 17.0. The van der Waals surface area contributed by atoms with E-state index in [4.69, 9.17) is 5.11 Å². The van der Waals surface area contributed by atoms with Gasteiger partial charge in [-0.1, -0.05) is 26.0 Å². The Kier molecular flexibility index (Phi) is 5.34. The van der Waals surface area contributed by atoms with Gasteiger partial charge in [-0.3, -0.25) is 4.79 Å². The van der Waals surface area contributed by atoms with Crippen LogP contribution in [0.4, 0.5) is 13.2 Å². The monoisotopic (exact) mass is 303 g/mol. The zero-order chi connectivity index (χ0) is 16.2. The number of carboxylic acids is 1. The Labute approximate surface area is 120 Å². The van der Waals surface area contributed by atoms with E-state index in [1.165, 1.54) is 12.1 Å². The van der Waals surface area contributed by atoms with Crippen molar-refractivity contribution in [1.82, 2.24) is 5.32 Å². The first-order chi connectivity index (χ1) is 9.61. The summed E-state index contributed by atoms with van der Waals surface area (Å²) in [5, 5.41) is 11.3. The topological polar surface area (TPSA) is 66.4 Å². The molecular formula is C14H16F3NO3. The standard InChI is InChI=1S/C14H16F3NO3/c1-8(2)12(13(20)21)18-11(19)7-9-3-5-10(6-4-9)14(15,16)17/h3-6,8,12H,7H2,1-2H3,(H,18,19)(H,20,21). The van der Waals surface area contributed by atoms with Crippen molar-refractivity contribution in [2.75, 3.05) is 0 Å². The quantitative estimate of drug-likeness (QED) is 0.878. The second kappa shape index (κ2) is 6.60. The first-order valence-corrected chi connectivity index (χ1v) is 6.29. The van der Waals surface area contributed by atoms with Crippen molar-refractivity contribution in [2.24, 2.45) is 5.92 Å². The molecule has 21 heavy (non-hydrogen) atoms. The highest BCUT2D eigenvalue weighted by molar-refractivity contribution is 5.85. The van der Waals surface area contributed by atoms with Crippen molar-refractivity contribution in [3.05, 3.63) is 35.4 Å². The molecule has 0 saturated carbocycles. The van der Waals surface area contributed by atoms with E-state index >= 15 is 0 Å². The van der Waals surface area contributed by atoms with E-state index in [1.807, 2.05) is 0 Å². The molecule has 0 fully saturated rings. The van der Waals surface area contributed by atoms with Crippen LogP contribution in [0, 0.1) is 5.92 Å². The number of rotatable bonds is 5. The van der Waals surface area contributed by atoms with Crippen LogP contribution in [0.1, 0.15) is 25.0 Å². The van der Waals surface area contributed by atoms with Crippen LogP contribution in [-0.4, -0.2) is 23.0 Å². The predicted molar refractivity (Wildman–Crippen MR) is 69.6 cm³/mol. The van der Waals surface area contributed by atoms with Crippen molar-refractivity contribution in [1.29, 1.82) is 0 Å². The largest absolute Gasteiger partial charge is 0.480 e. The number of hydrogen-bond acceptors (Lipinski definition) is 2. The smallest absolute Gasteiger partial charge is 0.416 e. The predicted octanol–water partition coefficient (Wildman–Crippen LogP) is 2.47. The lowest BCUT2D eigenvalue weighted by molar-refractivity contribution is -0.143. The Balaban J connectivity index is 2.69. The number of carbonyl (C=O) groups is 2. The van der Waals surface area contributed by atoms with Gasteiger partial charge in [-0.2, -0.15) is 13.2 Å². The number of amides is 1. The highest BCUT2D eigenvalue weighted by atomic mass is 19.4. The van der Waals surface area contributed by atoms with E-state index in [1.54, 1.807) is 13.8 Å². The Morgan fingerprint density at radius 2 is 1.71 bits per heavy atom. The van der Waals surface area contributed by atoms with Gasteiger partial charge >= 0.3 is 12.1 Å². The Bertz CT molecular complexity index is 509. The highest BCUT2D eigenvalue weighted by Crippen LogP contribution is 2.29. The maximum absolute atomic E-state index is 12.4. The molecule has 4 nitrogen and oxygen atoms in total. The number of nitrogens with one attached hydrogen (secondary N) is 1. The van der Waals surface area contributed by atoms with Crippen molar-refractivity contribution in [3.63, 3.8) is 0 Å². The maximum atomic E-state index is 12.4. The van der Waals surface area contributed by atoms with Gasteiger partial charge in [-0.15, -0.1) is 0 Å². The number of benzene rings is 1. The number of carbonyl (C=O) groups excluding carboxylic acids is 1. The van der Waals surface area contributed by atoms with Crippen LogP contribution in [0.3, 0.4) is 0 Å². The SMILES string of the molecule is CC(C)C(NC(=O)Cc1ccc(C(F)(F)F)cc1)C(=O)O. The van der Waals surface area contributed by atoms with E-state index in [9.17, 15) is 22.8 Å². The normalized spacial score (nSPS) is 13.0. The summed E-state index contributed by atoms with van der Waals surface area (Å²) in [6.45, 7) is 3.30. The zero-order valence-electron chi connectivity index (χ0n) is 11.6. The minimum Gasteiger partial charge on any atom is -0.480 e. The molecule has 1 amide bonds. The van der Waals surface area contributed by atoms with Gasteiger partial charge in [0.05, 0.1) is 12.0 Å². The molecular weight excluding hydrogens is 287 g/mol. The summed E-state index contributed by atoms with van der Waals surface area (Å²) in [5.41, 5.74) is -0.411. The fraction of sp³-hybridized carbons (Fsp3) is 0.429. The second-order valence-electron chi connectivity index (χ2n) is 5.00. The number of aliphatic carboxylic acids is 1. The van der Waals surface area contributed by atoms with Gasteiger partial charge in [0.1, 0.15) is 6.04 Å². The van der Waals surface area contributed by atoms with Crippen LogP contribution in [0.15, 0.2) is 24.3 Å². The van der Waals surface area contributed by atoms with Gasteiger partial charge in [0.15, 0.2) is 0 Å². The third kappa shape index (κ3) is 5.09. The molecule has 1 rings (SSSR count). The lowest BCUT2D eigenvalue weighted by Crippen LogP contribution is -2.44.